The maximum absolute atomic E-state index is 13.4. The van der Waals surface area contributed by atoms with Crippen molar-refractivity contribution in [2.75, 3.05) is 18.8 Å². The molecule has 2 rings (SSSR count). The molecule has 1 aromatic heterocycles. The summed E-state index contributed by atoms with van der Waals surface area (Å²) in [6.07, 6.45) is 0. The molecular weight excluding hydrogens is 373 g/mol. The molecule has 0 unspecified atom stereocenters. The number of hydrogen-bond donors (Lipinski definition) is 2. The minimum Gasteiger partial charge on any atom is -0.478 e. The van der Waals surface area contributed by atoms with Crippen LogP contribution in [-0.2, 0) is 10.0 Å². The zero-order valence-corrected chi connectivity index (χ0v) is 15.0. The van der Waals surface area contributed by atoms with E-state index in [0.29, 0.717) is 11.8 Å². The average molecular weight is 387 g/mol. The number of carbonyl (C=O) groups is 2. The standard InChI is InChI=1S/C14H14FN3O5S2/c1-7-11(12(19)18(2)3)24-14(16-7)17-25(22,23)8-4-5-10(15)9(6-8)13(20)21/h4-6H,1-3H3,(H,16,17)(H,20,21). The molecule has 0 aliphatic rings. The quantitative estimate of drug-likeness (QED) is 0.808. The summed E-state index contributed by atoms with van der Waals surface area (Å²) < 4.78 is 40.3. The third kappa shape index (κ3) is 3.94. The van der Waals surface area contributed by atoms with Crippen LogP contribution < -0.4 is 4.72 Å². The first kappa shape index (κ1) is 18.8. The largest absolute Gasteiger partial charge is 0.478 e. The number of halogens is 1. The SMILES string of the molecule is Cc1nc(NS(=O)(=O)c2ccc(F)c(C(=O)O)c2)sc1C(=O)N(C)C. The second kappa shape index (κ2) is 6.76. The fraction of sp³-hybridized carbons (Fsp3) is 0.214. The molecule has 0 aliphatic carbocycles. The predicted octanol–water partition coefficient (Wildman–Crippen LogP) is 1.79. The van der Waals surface area contributed by atoms with Gasteiger partial charge in [-0.25, -0.2) is 22.6 Å². The molecule has 134 valence electrons. The number of aryl methyl sites for hydroxylation is 1. The van der Waals surface area contributed by atoms with Gasteiger partial charge in [-0.2, -0.15) is 0 Å². The molecule has 11 heteroatoms. The average Bonchev–Trinajstić information content (AvgIpc) is 2.85. The smallest absolute Gasteiger partial charge is 0.338 e. The number of rotatable bonds is 5. The van der Waals surface area contributed by atoms with Crippen molar-refractivity contribution in [1.29, 1.82) is 0 Å². The number of amides is 1. The van der Waals surface area contributed by atoms with Crippen molar-refractivity contribution in [3.63, 3.8) is 0 Å². The van der Waals surface area contributed by atoms with Gasteiger partial charge in [0.1, 0.15) is 10.7 Å². The van der Waals surface area contributed by atoms with Crippen LogP contribution in [0.4, 0.5) is 9.52 Å². The van der Waals surface area contributed by atoms with Crippen molar-refractivity contribution in [3.8, 4) is 0 Å². The van der Waals surface area contributed by atoms with E-state index in [-0.39, 0.29) is 15.9 Å². The minimum absolute atomic E-state index is 0.0519. The van der Waals surface area contributed by atoms with Crippen molar-refractivity contribution >= 4 is 38.4 Å². The van der Waals surface area contributed by atoms with Gasteiger partial charge in [0.05, 0.1) is 16.2 Å². The molecule has 0 saturated heterocycles. The molecule has 0 fully saturated rings. The molecule has 2 aromatic rings. The van der Waals surface area contributed by atoms with Gasteiger partial charge in [0.15, 0.2) is 5.13 Å². The molecule has 2 N–H and O–H groups in total. The van der Waals surface area contributed by atoms with E-state index in [9.17, 15) is 22.4 Å². The van der Waals surface area contributed by atoms with E-state index >= 15 is 0 Å². The Hall–Kier alpha value is -2.53. The third-order valence-corrected chi connectivity index (χ3v) is 5.62. The zero-order valence-electron chi connectivity index (χ0n) is 13.4. The Kier molecular flexibility index (Phi) is 5.09. The molecular formula is C14H14FN3O5S2. The second-order valence-electron chi connectivity index (χ2n) is 5.19. The van der Waals surface area contributed by atoms with Gasteiger partial charge in [0, 0.05) is 14.1 Å². The lowest BCUT2D eigenvalue weighted by Crippen LogP contribution is -2.21. The van der Waals surface area contributed by atoms with Crippen molar-refractivity contribution in [2.45, 2.75) is 11.8 Å². The lowest BCUT2D eigenvalue weighted by Gasteiger charge is -2.08. The van der Waals surface area contributed by atoms with Crippen molar-refractivity contribution in [3.05, 3.63) is 40.2 Å². The van der Waals surface area contributed by atoms with E-state index < -0.39 is 32.3 Å². The summed E-state index contributed by atoms with van der Waals surface area (Å²) in [6, 6.07) is 2.41. The Bertz CT molecular complexity index is 953. The lowest BCUT2D eigenvalue weighted by molar-refractivity contribution is 0.0691. The summed E-state index contributed by atoms with van der Waals surface area (Å²) in [7, 11) is -1.09. The van der Waals surface area contributed by atoms with Crippen LogP contribution in [0.2, 0.25) is 0 Å². The molecule has 25 heavy (non-hydrogen) atoms. The van der Waals surface area contributed by atoms with Gasteiger partial charge in [0.2, 0.25) is 0 Å². The number of carbonyl (C=O) groups excluding carboxylic acids is 1. The Morgan fingerprint density at radius 2 is 1.96 bits per heavy atom. The number of nitrogens with one attached hydrogen (secondary N) is 1. The van der Waals surface area contributed by atoms with Crippen LogP contribution in [0.1, 0.15) is 25.7 Å². The van der Waals surface area contributed by atoms with Gasteiger partial charge in [-0.1, -0.05) is 11.3 Å². The van der Waals surface area contributed by atoms with Crippen LogP contribution in [0, 0.1) is 12.7 Å². The number of hydrogen-bond acceptors (Lipinski definition) is 6. The molecule has 0 spiro atoms. The summed E-state index contributed by atoms with van der Waals surface area (Å²) in [6.45, 7) is 1.56. The number of carboxylic acids is 1. The monoisotopic (exact) mass is 387 g/mol. The summed E-state index contributed by atoms with van der Waals surface area (Å²) in [5.74, 6) is -2.95. The number of thiazole rings is 1. The molecule has 0 radical (unpaired) electrons. The fourth-order valence-corrected chi connectivity index (χ4v) is 4.10. The summed E-state index contributed by atoms with van der Waals surface area (Å²) >= 11 is 0.848. The van der Waals surface area contributed by atoms with Crippen LogP contribution in [0.25, 0.3) is 0 Å². The van der Waals surface area contributed by atoms with Gasteiger partial charge in [0.25, 0.3) is 15.9 Å². The van der Waals surface area contributed by atoms with E-state index in [2.05, 4.69) is 9.71 Å². The number of anilines is 1. The van der Waals surface area contributed by atoms with E-state index in [0.717, 1.165) is 23.5 Å². The first-order valence-electron chi connectivity index (χ1n) is 6.77. The van der Waals surface area contributed by atoms with Gasteiger partial charge < -0.3 is 10.0 Å². The highest BCUT2D eigenvalue weighted by Crippen LogP contribution is 2.26. The van der Waals surface area contributed by atoms with Gasteiger partial charge in [-0.15, -0.1) is 0 Å². The molecule has 1 amide bonds. The molecule has 1 aromatic carbocycles. The molecule has 0 bridgehead atoms. The van der Waals surface area contributed by atoms with Gasteiger partial charge >= 0.3 is 5.97 Å². The first-order valence-corrected chi connectivity index (χ1v) is 9.07. The van der Waals surface area contributed by atoms with E-state index in [1.165, 1.54) is 4.90 Å². The number of sulfonamides is 1. The topological polar surface area (TPSA) is 117 Å². The van der Waals surface area contributed by atoms with Gasteiger partial charge in [-0.05, 0) is 25.1 Å². The van der Waals surface area contributed by atoms with Crippen LogP contribution in [0.3, 0.4) is 0 Å². The zero-order chi connectivity index (χ0) is 18.9. The van der Waals surface area contributed by atoms with Gasteiger partial charge in [-0.3, -0.25) is 9.52 Å². The second-order valence-corrected chi connectivity index (χ2v) is 7.87. The lowest BCUT2D eigenvalue weighted by atomic mass is 10.2. The van der Waals surface area contributed by atoms with Crippen LogP contribution in [0.5, 0.6) is 0 Å². The predicted molar refractivity (Wildman–Crippen MR) is 89.0 cm³/mol. The van der Waals surface area contributed by atoms with E-state index in [1.807, 2.05) is 0 Å². The fourth-order valence-electron chi connectivity index (χ4n) is 1.85. The number of benzene rings is 1. The Balaban J connectivity index is 2.37. The third-order valence-electron chi connectivity index (χ3n) is 3.10. The Morgan fingerprint density at radius 1 is 1.32 bits per heavy atom. The highest BCUT2D eigenvalue weighted by Gasteiger charge is 2.23. The van der Waals surface area contributed by atoms with Crippen LogP contribution >= 0.6 is 11.3 Å². The highest BCUT2D eigenvalue weighted by molar-refractivity contribution is 7.93. The highest BCUT2D eigenvalue weighted by atomic mass is 32.2. The summed E-state index contributed by atoms with van der Waals surface area (Å²) in [5, 5.41) is 8.84. The van der Waals surface area contributed by atoms with Crippen LogP contribution in [-0.4, -0.2) is 49.4 Å². The van der Waals surface area contributed by atoms with Crippen molar-refractivity contribution in [1.82, 2.24) is 9.88 Å². The Morgan fingerprint density at radius 3 is 2.52 bits per heavy atom. The first-order chi connectivity index (χ1) is 11.5. The summed E-state index contributed by atoms with van der Waals surface area (Å²) in [5.41, 5.74) is -0.409. The minimum atomic E-state index is -4.19. The Labute approximate surface area is 147 Å². The van der Waals surface area contributed by atoms with E-state index in [1.54, 1.807) is 21.0 Å². The molecule has 0 aliphatic heterocycles. The van der Waals surface area contributed by atoms with Crippen molar-refractivity contribution in [2.24, 2.45) is 0 Å². The van der Waals surface area contributed by atoms with Crippen LogP contribution in [0.15, 0.2) is 23.1 Å². The molecule has 0 atom stereocenters. The molecule has 1 heterocycles. The molecule has 0 saturated carbocycles. The molecule has 8 nitrogen and oxygen atoms in total. The van der Waals surface area contributed by atoms with E-state index in [4.69, 9.17) is 5.11 Å². The summed E-state index contributed by atoms with van der Waals surface area (Å²) in [4.78, 5) is 28.1. The number of nitrogens with zero attached hydrogens (tertiary/aromatic N) is 2. The maximum Gasteiger partial charge on any atom is 0.338 e. The number of aromatic carboxylic acids is 1. The normalized spacial score (nSPS) is 11.2. The van der Waals surface area contributed by atoms with Crippen molar-refractivity contribution < 1.29 is 27.5 Å². The number of aromatic nitrogens is 1. The number of carboxylic acid groups (broad SMARTS) is 1. The maximum atomic E-state index is 13.4.